The largest absolute Gasteiger partial charge is 0.411 e. The maximum absolute atomic E-state index is 10.5. The Hall–Kier alpha value is -3.33. The molecular formula is C21H16N2O. The topological polar surface area (TPSA) is 38.0 Å². The van der Waals surface area contributed by atoms with Gasteiger partial charge in [-0.1, -0.05) is 91.0 Å². The SMILES string of the molecule is On1nc(-c2ccccc2)c(-c2ccccc2)c1-c1ccccc1. The molecule has 0 atom stereocenters. The van der Waals surface area contributed by atoms with Gasteiger partial charge in [0.05, 0.1) is 0 Å². The molecule has 1 N–H and O–H groups in total. The molecule has 0 aliphatic rings. The lowest BCUT2D eigenvalue weighted by molar-refractivity contribution is 0.154. The molecule has 4 aromatic rings. The maximum Gasteiger partial charge on any atom is 0.118 e. The number of rotatable bonds is 3. The van der Waals surface area contributed by atoms with Crippen molar-refractivity contribution < 1.29 is 5.21 Å². The van der Waals surface area contributed by atoms with E-state index in [0.29, 0.717) is 5.69 Å². The molecule has 0 saturated carbocycles. The molecule has 3 heteroatoms. The zero-order valence-corrected chi connectivity index (χ0v) is 13.0. The predicted octanol–water partition coefficient (Wildman–Crippen LogP) is 5.12. The van der Waals surface area contributed by atoms with Crippen molar-refractivity contribution in [3.8, 4) is 33.6 Å². The van der Waals surface area contributed by atoms with Gasteiger partial charge in [0.15, 0.2) is 0 Å². The molecule has 0 aliphatic carbocycles. The molecule has 0 bridgehead atoms. The van der Waals surface area contributed by atoms with Crippen molar-refractivity contribution >= 4 is 0 Å². The molecule has 1 heterocycles. The van der Waals surface area contributed by atoms with Crippen LogP contribution in [0.2, 0.25) is 0 Å². The first-order valence-corrected chi connectivity index (χ1v) is 7.83. The first kappa shape index (κ1) is 14.3. The molecule has 0 fully saturated rings. The fourth-order valence-electron chi connectivity index (χ4n) is 2.94. The highest BCUT2D eigenvalue weighted by molar-refractivity contribution is 5.91. The van der Waals surface area contributed by atoms with Gasteiger partial charge in [-0.05, 0) is 5.56 Å². The molecule has 3 aromatic carbocycles. The van der Waals surface area contributed by atoms with Gasteiger partial charge in [-0.15, -0.1) is 9.94 Å². The lowest BCUT2D eigenvalue weighted by Crippen LogP contribution is -1.96. The smallest absolute Gasteiger partial charge is 0.118 e. The first-order valence-electron chi connectivity index (χ1n) is 7.83. The van der Waals surface area contributed by atoms with Crippen molar-refractivity contribution in [3.63, 3.8) is 0 Å². The fraction of sp³-hybridized carbons (Fsp3) is 0. The highest BCUT2D eigenvalue weighted by Crippen LogP contribution is 2.39. The van der Waals surface area contributed by atoms with Crippen molar-refractivity contribution in [3.05, 3.63) is 91.0 Å². The summed E-state index contributed by atoms with van der Waals surface area (Å²) in [4.78, 5) is 0.986. The zero-order valence-electron chi connectivity index (χ0n) is 13.0. The quantitative estimate of drug-likeness (QED) is 0.533. The van der Waals surface area contributed by atoms with Crippen molar-refractivity contribution in [2.24, 2.45) is 0 Å². The van der Waals surface area contributed by atoms with Gasteiger partial charge in [0.2, 0.25) is 0 Å². The second-order valence-corrected chi connectivity index (χ2v) is 5.56. The van der Waals surface area contributed by atoms with E-state index in [1.54, 1.807) is 0 Å². The Morgan fingerprint density at radius 2 is 1.04 bits per heavy atom. The summed E-state index contributed by atoms with van der Waals surface area (Å²) in [6.45, 7) is 0. The second kappa shape index (κ2) is 6.05. The first-order chi connectivity index (χ1) is 11.8. The van der Waals surface area contributed by atoms with Crippen LogP contribution in [0.4, 0.5) is 0 Å². The van der Waals surface area contributed by atoms with Crippen molar-refractivity contribution in [1.29, 1.82) is 0 Å². The van der Waals surface area contributed by atoms with E-state index in [9.17, 15) is 5.21 Å². The van der Waals surface area contributed by atoms with Gasteiger partial charge in [0.1, 0.15) is 11.4 Å². The van der Waals surface area contributed by atoms with Gasteiger partial charge in [-0.2, -0.15) is 0 Å². The van der Waals surface area contributed by atoms with Crippen LogP contribution in [0.3, 0.4) is 0 Å². The van der Waals surface area contributed by atoms with Crippen molar-refractivity contribution in [2.75, 3.05) is 0 Å². The van der Waals surface area contributed by atoms with Crippen LogP contribution in [-0.2, 0) is 0 Å². The summed E-state index contributed by atoms with van der Waals surface area (Å²) >= 11 is 0. The summed E-state index contributed by atoms with van der Waals surface area (Å²) in [5, 5.41) is 14.9. The Morgan fingerprint density at radius 1 is 0.583 bits per heavy atom. The van der Waals surface area contributed by atoms with Crippen LogP contribution in [0.5, 0.6) is 0 Å². The van der Waals surface area contributed by atoms with E-state index >= 15 is 0 Å². The van der Waals surface area contributed by atoms with Gasteiger partial charge in [0, 0.05) is 16.7 Å². The molecule has 1 aromatic heterocycles. The standard InChI is InChI=1S/C21H16N2O/c24-23-21(18-14-8-3-9-15-18)19(16-10-4-1-5-11-16)20(22-23)17-12-6-2-7-13-17/h1-15,24H. The monoisotopic (exact) mass is 312 g/mol. The Balaban J connectivity index is 2.03. The van der Waals surface area contributed by atoms with Crippen LogP contribution in [0, 0.1) is 0 Å². The van der Waals surface area contributed by atoms with Gasteiger partial charge in [0.25, 0.3) is 0 Å². The number of hydrogen-bond donors (Lipinski definition) is 1. The Bertz CT molecular complexity index is 945. The average Bonchev–Trinajstić information content (AvgIpc) is 3.01. The second-order valence-electron chi connectivity index (χ2n) is 5.56. The van der Waals surface area contributed by atoms with Crippen molar-refractivity contribution in [1.82, 2.24) is 9.94 Å². The highest BCUT2D eigenvalue weighted by Gasteiger charge is 2.21. The third kappa shape index (κ3) is 2.46. The van der Waals surface area contributed by atoms with Crippen LogP contribution in [0.25, 0.3) is 33.6 Å². The predicted molar refractivity (Wildman–Crippen MR) is 95.7 cm³/mol. The van der Waals surface area contributed by atoms with Gasteiger partial charge in [-0.3, -0.25) is 0 Å². The molecule has 4 rings (SSSR count). The summed E-state index contributed by atoms with van der Waals surface area (Å²) < 4.78 is 0. The van der Waals surface area contributed by atoms with Crippen molar-refractivity contribution in [2.45, 2.75) is 0 Å². The van der Waals surface area contributed by atoms with E-state index in [1.807, 2.05) is 91.0 Å². The Morgan fingerprint density at radius 3 is 1.58 bits per heavy atom. The number of nitrogens with zero attached hydrogens (tertiary/aromatic N) is 2. The van der Waals surface area contributed by atoms with E-state index in [0.717, 1.165) is 32.8 Å². The zero-order chi connectivity index (χ0) is 16.4. The van der Waals surface area contributed by atoms with Crippen LogP contribution in [-0.4, -0.2) is 15.2 Å². The van der Waals surface area contributed by atoms with Crippen LogP contribution in [0.1, 0.15) is 0 Å². The van der Waals surface area contributed by atoms with Crippen LogP contribution in [0.15, 0.2) is 91.0 Å². The normalized spacial score (nSPS) is 10.7. The summed E-state index contributed by atoms with van der Waals surface area (Å²) in [5.41, 5.74) is 5.31. The molecular weight excluding hydrogens is 296 g/mol. The van der Waals surface area contributed by atoms with E-state index in [-0.39, 0.29) is 0 Å². The minimum Gasteiger partial charge on any atom is -0.411 e. The summed E-state index contributed by atoms with van der Waals surface area (Å²) in [6, 6.07) is 29.8. The third-order valence-corrected chi connectivity index (χ3v) is 4.03. The molecule has 0 aliphatic heterocycles. The summed E-state index contributed by atoms with van der Waals surface area (Å²) in [7, 11) is 0. The van der Waals surface area contributed by atoms with E-state index in [1.165, 1.54) is 0 Å². The highest BCUT2D eigenvalue weighted by atomic mass is 16.5. The fourth-order valence-corrected chi connectivity index (χ4v) is 2.94. The molecule has 3 nitrogen and oxygen atoms in total. The Kier molecular flexibility index (Phi) is 3.60. The molecule has 0 amide bonds. The molecule has 116 valence electrons. The molecule has 0 saturated heterocycles. The van der Waals surface area contributed by atoms with Gasteiger partial charge in [-0.25, -0.2) is 0 Å². The number of benzene rings is 3. The maximum atomic E-state index is 10.5. The van der Waals surface area contributed by atoms with E-state index in [4.69, 9.17) is 0 Å². The lowest BCUT2D eigenvalue weighted by atomic mass is 9.96. The molecule has 0 radical (unpaired) electrons. The summed E-state index contributed by atoms with van der Waals surface area (Å²) in [6.07, 6.45) is 0. The minimum absolute atomic E-state index is 0.695. The average molecular weight is 312 g/mol. The molecule has 24 heavy (non-hydrogen) atoms. The van der Waals surface area contributed by atoms with E-state index in [2.05, 4.69) is 5.10 Å². The summed E-state index contributed by atoms with van der Waals surface area (Å²) in [5.74, 6) is 0. The third-order valence-electron chi connectivity index (χ3n) is 4.03. The van der Waals surface area contributed by atoms with Crippen LogP contribution >= 0.6 is 0 Å². The number of hydrogen-bond acceptors (Lipinski definition) is 2. The Labute approximate surface area is 140 Å². The van der Waals surface area contributed by atoms with Gasteiger partial charge < -0.3 is 5.21 Å². The minimum atomic E-state index is 0.695. The van der Waals surface area contributed by atoms with Gasteiger partial charge >= 0.3 is 0 Å². The number of aromatic nitrogens is 2. The van der Waals surface area contributed by atoms with Crippen LogP contribution < -0.4 is 0 Å². The molecule has 0 spiro atoms. The molecule has 0 unspecified atom stereocenters. The van der Waals surface area contributed by atoms with E-state index < -0.39 is 0 Å². The lowest BCUT2D eigenvalue weighted by Gasteiger charge is -2.07.